The van der Waals surface area contributed by atoms with Gasteiger partial charge >= 0.3 is 0 Å². The molecule has 0 spiro atoms. The number of rotatable bonds is 6. The lowest BCUT2D eigenvalue weighted by Crippen LogP contribution is -2.37. The molecule has 5 nitrogen and oxygen atoms in total. The van der Waals surface area contributed by atoms with Crippen LogP contribution in [0.4, 0.5) is 5.69 Å². The summed E-state index contributed by atoms with van der Waals surface area (Å²) in [6, 6.07) is 16.3. The highest BCUT2D eigenvalue weighted by atomic mass is 35.5. The lowest BCUT2D eigenvalue weighted by Gasteiger charge is -2.22. The number of carbonyl (C=O) groups is 2. The maximum absolute atomic E-state index is 12.3. The van der Waals surface area contributed by atoms with Gasteiger partial charge in [-0.3, -0.25) is 9.59 Å². The van der Waals surface area contributed by atoms with Gasteiger partial charge in [0.15, 0.2) is 0 Å². The van der Waals surface area contributed by atoms with Gasteiger partial charge in [-0.05, 0) is 49.1 Å². The number of benzene rings is 2. The van der Waals surface area contributed by atoms with Crippen molar-refractivity contribution in [3.05, 3.63) is 65.7 Å². The Bertz CT molecular complexity index is 759. The summed E-state index contributed by atoms with van der Waals surface area (Å²) in [6.07, 6.45) is 6.21. The molecule has 1 aliphatic carbocycles. The first-order chi connectivity index (χ1) is 13.1. The predicted octanol–water partition coefficient (Wildman–Crippen LogP) is 3.68. The summed E-state index contributed by atoms with van der Waals surface area (Å²) in [4.78, 5) is 24.6. The number of halogens is 1. The smallest absolute Gasteiger partial charge is 0.251 e. The maximum atomic E-state index is 12.3. The first-order valence-electron chi connectivity index (χ1n) is 9.63. The van der Waals surface area contributed by atoms with Gasteiger partial charge in [-0.15, -0.1) is 12.4 Å². The van der Waals surface area contributed by atoms with E-state index < -0.39 is 6.04 Å². The molecule has 0 heterocycles. The molecule has 1 fully saturated rings. The van der Waals surface area contributed by atoms with Crippen LogP contribution < -0.4 is 16.4 Å². The van der Waals surface area contributed by atoms with Crippen LogP contribution in [0.1, 0.15) is 48.0 Å². The largest absolute Gasteiger partial charge is 0.349 e. The fraction of sp³-hybridized carbons (Fsp3) is 0.364. The number of carbonyl (C=O) groups excluding carboxylic acids is 2. The lowest BCUT2D eigenvalue weighted by atomic mass is 9.95. The average Bonchev–Trinajstić information content (AvgIpc) is 2.70. The van der Waals surface area contributed by atoms with Crippen molar-refractivity contribution in [3.8, 4) is 0 Å². The summed E-state index contributed by atoms with van der Waals surface area (Å²) in [5.41, 5.74) is 8.27. The summed E-state index contributed by atoms with van der Waals surface area (Å²) >= 11 is 0. The zero-order valence-electron chi connectivity index (χ0n) is 15.9. The first kappa shape index (κ1) is 21.9. The van der Waals surface area contributed by atoms with Crippen LogP contribution in [0.3, 0.4) is 0 Å². The van der Waals surface area contributed by atoms with Crippen molar-refractivity contribution >= 4 is 29.9 Å². The van der Waals surface area contributed by atoms with E-state index >= 15 is 0 Å². The molecule has 28 heavy (non-hydrogen) atoms. The van der Waals surface area contributed by atoms with E-state index in [9.17, 15) is 9.59 Å². The van der Waals surface area contributed by atoms with Crippen LogP contribution in [0, 0.1) is 0 Å². The summed E-state index contributed by atoms with van der Waals surface area (Å²) in [5.74, 6) is -0.293. The number of nitrogens with two attached hydrogens (primary N) is 1. The Labute approximate surface area is 172 Å². The van der Waals surface area contributed by atoms with Crippen molar-refractivity contribution in [2.75, 3.05) is 5.32 Å². The molecule has 1 atom stereocenters. The van der Waals surface area contributed by atoms with E-state index in [4.69, 9.17) is 5.73 Å². The van der Waals surface area contributed by atoms with Crippen molar-refractivity contribution < 1.29 is 9.59 Å². The van der Waals surface area contributed by atoms with Crippen LogP contribution in [0.15, 0.2) is 54.6 Å². The number of nitrogens with one attached hydrogen (secondary N) is 2. The highest BCUT2D eigenvalue weighted by Crippen LogP contribution is 2.18. The Morgan fingerprint density at radius 1 is 0.964 bits per heavy atom. The fourth-order valence-corrected chi connectivity index (χ4v) is 3.42. The summed E-state index contributed by atoms with van der Waals surface area (Å²) in [6.45, 7) is 0. The van der Waals surface area contributed by atoms with E-state index in [1.807, 2.05) is 30.3 Å². The number of hydrogen-bond donors (Lipinski definition) is 3. The molecule has 2 aromatic carbocycles. The monoisotopic (exact) mass is 401 g/mol. The highest BCUT2D eigenvalue weighted by molar-refractivity contribution is 5.97. The topological polar surface area (TPSA) is 84.2 Å². The van der Waals surface area contributed by atoms with E-state index in [0.717, 1.165) is 18.4 Å². The normalized spacial score (nSPS) is 15.2. The molecule has 4 N–H and O–H groups in total. The molecule has 0 aliphatic heterocycles. The van der Waals surface area contributed by atoms with Crippen molar-refractivity contribution in [2.24, 2.45) is 5.73 Å². The van der Waals surface area contributed by atoms with E-state index in [-0.39, 0.29) is 30.3 Å². The van der Waals surface area contributed by atoms with Crippen molar-refractivity contribution in [3.63, 3.8) is 0 Å². The van der Waals surface area contributed by atoms with Crippen LogP contribution in [-0.2, 0) is 11.2 Å². The predicted molar refractivity (Wildman–Crippen MR) is 115 cm³/mol. The summed E-state index contributed by atoms with van der Waals surface area (Å²) in [5, 5.41) is 5.91. The summed E-state index contributed by atoms with van der Waals surface area (Å²) in [7, 11) is 0. The Morgan fingerprint density at radius 3 is 2.25 bits per heavy atom. The van der Waals surface area contributed by atoms with E-state index in [1.54, 1.807) is 24.3 Å². The van der Waals surface area contributed by atoms with E-state index in [1.165, 1.54) is 19.3 Å². The molecule has 1 aliphatic rings. The third-order valence-electron chi connectivity index (χ3n) is 4.99. The van der Waals surface area contributed by atoms with Crippen LogP contribution >= 0.6 is 12.4 Å². The van der Waals surface area contributed by atoms with Gasteiger partial charge in [-0.25, -0.2) is 0 Å². The van der Waals surface area contributed by atoms with Crippen molar-refractivity contribution in [1.82, 2.24) is 5.32 Å². The van der Waals surface area contributed by atoms with Gasteiger partial charge in [-0.1, -0.05) is 49.6 Å². The van der Waals surface area contributed by atoms with Gasteiger partial charge in [0.05, 0.1) is 6.04 Å². The highest BCUT2D eigenvalue weighted by Gasteiger charge is 2.17. The Balaban J connectivity index is 0.00000280. The standard InChI is InChI=1S/C22H27N3O2.ClH/c23-20(15-16-7-3-1-4-8-16)22(27)25-19-13-11-17(12-14-19)21(26)24-18-9-5-2-6-10-18;/h1,3-4,7-8,11-14,18,20H,2,5-6,9-10,15,23H2,(H,24,26)(H,25,27);1H/t20-;/m0./s1. The van der Waals surface area contributed by atoms with Crippen molar-refractivity contribution in [2.45, 2.75) is 50.6 Å². The van der Waals surface area contributed by atoms with Crippen molar-refractivity contribution in [1.29, 1.82) is 0 Å². The second-order valence-electron chi connectivity index (χ2n) is 7.17. The molecule has 0 bridgehead atoms. The average molecular weight is 402 g/mol. The van der Waals surface area contributed by atoms with E-state index in [2.05, 4.69) is 10.6 Å². The third kappa shape index (κ3) is 6.36. The molecule has 2 amide bonds. The number of amides is 2. The molecule has 0 saturated heterocycles. The summed E-state index contributed by atoms with van der Waals surface area (Å²) < 4.78 is 0. The van der Waals surface area contributed by atoms with Gasteiger partial charge in [-0.2, -0.15) is 0 Å². The molecule has 2 aromatic rings. The molecule has 0 unspecified atom stereocenters. The second-order valence-corrected chi connectivity index (χ2v) is 7.17. The zero-order valence-corrected chi connectivity index (χ0v) is 16.7. The minimum Gasteiger partial charge on any atom is -0.349 e. The number of anilines is 1. The van der Waals surface area contributed by atoms with Crippen LogP contribution in [0.25, 0.3) is 0 Å². The molecule has 0 radical (unpaired) electrons. The zero-order chi connectivity index (χ0) is 19.1. The lowest BCUT2D eigenvalue weighted by molar-refractivity contribution is -0.117. The molecule has 1 saturated carbocycles. The first-order valence-corrected chi connectivity index (χ1v) is 9.63. The van der Waals surface area contributed by atoms with Gasteiger partial charge in [0.1, 0.15) is 0 Å². The molecular weight excluding hydrogens is 374 g/mol. The minimum atomic E-state index is -0.623. The van der Waals surface area contributed by atoms with Gasteiger partial charge in [0.2, 0.25) is 5.91 Å². The van der Waals surface area contributed by atoms with Crippen LogP contribution in [-0.4, -0.2) is 23.9 Å². The minimum absolute atomic E-state index is 0. The van der Waals surface area contributed by atoms with E-state index in [0.29, 0.717) is 17.7 Å². The Kier molecular flexibility index (Phi) is 8.48. The quantitative estimate of drug-likeness (QED) is 0.690. The molecule has 0 aromatic heterocycles. The SMILES string of the molecule is Cl.N[C@@H](Cc1ccccc1)C(=O)Nc1ccc(C(=O)NC2CCCCC2)cc1. The third-order valence-corrected chi connectivity index (χ3v) is 4.99. The van der Waals surface area contributed by atoms with Gasteiger partial charge in [0, 0.05) is 17.3 Å². The maximum Gasteiger partial charge on any atom is 0.251 e. The fourth-order valence-electron chi connectivity index (χ4n) is 3.42. The number of hydrogen-bond acceptors (Lipinski definition) is 3. The van der Waals surface area contributed by atoms with Gasteiger partial charge in [0.25, 0.3) is 5.91 Å². The molecular formula is C22H28ClN3O2. The molecule has 150 valence electrons. The Morgan fingerprint density at radius 2 is 1.61 bits per heavy atom. The van der Waals surface area contributed by atoms with Crippen LogP contribution in [0.5, 0.6) is 0 Å². The van der Waals surface area contributed by atoms with Crippen LogP contribution in [0.2, 0.25) is 0 Å². The molecule has 6 heteroatoms. The van der Waals surface area contributed by atoms with Gasteiger partial charge < -0.3 is 16.4 Å². The second kappa shape index (κ2) is 10.8. The Hall–Kier alpha value is -2.37. The molecule has 3 rings (SSSR count).